The number of fused-ring (bicyclic) bond motifs is 4. The first-order chi connectivity index (χ1) is 10.8. The van der Waals surface area contributed by atoms with Crippen molar-refractivity contribution in [2.24, 2.45) is 5.92 Å². The van der Waals surface area contributed by atoms with E-state index in [0.29, 0.717) is 0 Å². The fraction of sp³-hybridized carbons (Fsp3) is 0.312. The topological polar surface area (TPSA) is 68.8 Å². The molecule has 0 radical (unpaired) electrons. The van der Waals surface area contributed by atoms with Gasteiger partial charge in [-0.05, 0) is 12.0 Å². The summed E-state index contributed by atoms with van der Waals surface area (Å²) in [6.45, 7) is 0.791. The van der Waals surface area contributed by atoms with Crippen LogP contribution in [0.15, 0.2) is 43.0 Å². The second kappa shape index (κ2) is 4.27. The Morgan fingerprint density at radius 1 is 1.18 bits per heavy atom. The van der Waals surface area contributed by atoms with Crippen LogP contribution < -0.4 is 0 Å². The minimum absolute atomic E-state index is 0.0996. The molecule has 2 aliphatic rings. The van der Waals surface area contributed by atoms with Crippen molar-refractivity contribution in [2.45, 2.75) is 25.1 Å². The molecule has 5 rings (SSSR count). The second-order valence-corrected chi connectivity index (χ2v) is 6.00. The van der Waals surface area contributed by atoms with Crippen LogP contribution in [-0.4, -0.2) is 29.7 Å². The normalized spacial score (nSPS) is 25.6. The number of nitrogens with zero attached hydrogens (tertiary/aromatic N) is 5. The monoisotopic (exact) mass is 293 g/mol. The molecule has 1 N–H and O–H groups in total. The molecular formula is C16H15N5O. The van der Waals surface area contributed by atoms with Gasteiger partial charge in [0.15, 0.2) is 0 Å². The SMILES string of the molecule is O[C@H]1c2cnnn2CC[C@H]1C1c2ccccc2-c2cncn21. The van der Waals surface area contributed by atoms with Crippen molar-refractivity contribution in [1.29, 1.82) is 0 Å². The Bertz CT molecular complexity index is 852. The highest BCUT2D eigenvalue weighted by atomic mass is 16.3. The average Bonchev–Trinajstić information content (AvgIpc) is 3.23. The lowest BCUT2D eigenvalue weighted by atomic mass is 9.83. The van der Waals surface area contributed by atoms with E-state index in [9.17, 15) is 5.11 Å². The largest absolute Gasteiger partial charge is 0.386 e. The Hall–Kier alpha value is -2.47. The maximum absolute atomic E-state index is 10.8. The third kappa shape index (κ3) is 1.45. The molecule has 110 valence electrons. The molecule has 6 nitrogen and oxygen atoms in total. The molecule has 0 amide bonds. The van der Waals surface area contributed by atoms with Gasteiger partial charge in [0, 0.05) is 18.0 Å². The van der Waals surface area contributed by atoms with Crippen LogP contribution in [0.4, 0.5) is 0 Å². The molecule has 4 heterocycles. The van der Waals surface area contributed by atoms with Crippen LogP contribution in [0, 0.1) is 5.92 Å². The summed E-state index contributed by atoms with van der Waals surface area (Å²) in [6, 6.07) is 8.52. The Morgan fingerprint density at radius 2 is 2.09 bits per heavy atom. The van der Waals surface area contributed by atoms with Gasteiger partial charge in [0.05, 0.1) is 36.2 Å². The minimum atomic E-state index is -0.560. The molecular weight excluding hydrogens is 278 g/mol. The lowest BCUT2D eigenvalue weighted by Crippen LogP contribution is -2.31. The highest BCUT2D eigenvalue weighted by molar-refractivity contribution is 5.69. The quantitative estimate of drug-likeness (QED) is 0.743. The predicted molar refractivity (Wildman–Crippen MR) is 78.9 cm³/mol. The van der Waals surface area contributed by atoms with Crippen molar-refractivity contribution >= 4 is 0 Å². The van der Waals surface area contributed by atoms with Crippen LogP contribution in [0.1, 0.15) is 29.8 Å². The van der Waals surface area contributed by atoms with Gasteiger partial charge in [0.2, 0.25) is 0 Å². The van der Waals surface area contributed by atoms with Crippen molar-refractivity contribution < 1.29 is 5.11 Å². The van der Waals surface area contributed by atoms with E-state index < -0.39 is 6.10 Å². The van der Waals surface area contributed by atoms with E-state index in [1.165, 1.54) is 11.1 Å². The fourth-order valence-electron chi connectivity index (χ4n) is 3.96. The van der Waals surface area contributed by atoms with Gasteiger partial charge in [0.1, 0.15) is 6.10 Å². The van der Waals surface area contributed by atoms with Crippen molar-refractivity contribution in [3.63, 3.8) is 0 Å². The van der Waals surface area contributed by atoms with Crippen LogP contribution in [0.25, 0.3) is 11.3 Å². The van der Waals surface area contributed by atoms with E-state index in [-0.39, 0.29) is 12.0 Å². The molecule has 2 aliphatic heterocycles. The van der Waals surface area contributed by atoms with E-state index in [0.717, 1.165) is 24.4 Å². The van der Waals surface area contributed by atoms with Gasteiger partial charge in [0.25, 0.3) is 0 Å². The van der Waals surface area contributed by atoms with E-state index in [4.69, 9.17) is 0 Å². The van der Waals surface area contributed by atoms with Gasteiger partial charge in [-0.25, -0.2) is 9.67 Å². The maximum atomic E-state index is 10.8. The number of aromatic nitrogens is 5. The van der Waals surface area contributed by atoms with Crippen molar-refractivity contribution in [3.8, 4) is 11.3 Å². The maximum Gasteiger partial charge on any atom is 0.102 e. The molecule has 0 saturated carbocycles. The zero-order valence-corrected chi connectivity index (χ0v) is 11.9. The van der Waals surface area contributed by atoms with E-state index in [1.807, 2.05) is 12.5 Å². The van der Waals surface area contributed by atoms with E-state index in [1.54, 1.807) is 10.9 Å². The zero-order chi connectivity index (χ0) is 14.7. The lowest BCUT2D eigenvalue weighted by Gasteiger charge is -2.33. The van der Waals surface area contributed by atoms with Crippen molar-refractivity contribution in [1.82, 2.24) is 24.5 Å². The Labute approximate surface area is 127 Å². The number of benzene rings is 1. The molecule has 1 unspecified atom stereocenters. The first kappa shape index (κ1) is 12.1. The fourth-order valence-corrected chi connectivity index (χ4v) is 3.96. The summed E-state index contributed by atoms with van der Waals surface area (Å²) in [5.41, 5.74) is 4.42. The predicted octanol–water partition coefficient (Wildman–Crippen LogP) is 1.80. The first-order valence-electron chi connectivity index (χ1n) is 7.52. The summed E-state index contributed by atoms with van der Waals surface area (Å²) >= 11 is 0. The number of rotatable bonds is 1. The number of imidazole rings is 1. The van der Waals surface area contributed by atoms with Crippen LogP contribution in [0.2, 0.25) is 0 Å². The Morgan fingerprint density at radius 3 is 3.05 bits per heavy atom. The van der Waals surface area contributed by atoms with Crippen LogP contribution in [0.5, 0.6) is 0 Å². The van der Waals surface area contributed by atoms with Gasteiger partial charge in [-0.1, -0.05) is 29.5 Å². The molecule has 3 atom stereocenters. The molecule has 6 heteroatoms. The molecule has 0 saturated heterocycles. The third-order valence-corrected chi connectivity index (χ3v) is 4.96. The molecule has 2 aromatic heterocycles. The second-order valence-electron chi connectivity index (χ2n) is 6.00. The first-order valence-corrected chi connectivity index (χ1v) is 7.52. The van der Waals surface area contributed by atoms with Crippen LogP contribution in [-0.2, 0) is 6.54 Å². The number of aliphatic hydroxyl groups is 1. The smallest absolute Gasteiger partial charge is 0.102 e. The number of hydrogen-bond acceptors (Lipinski definition) is 4. The van der Waals surface area contributed by atoms with Gasteiger partial charge in [-0.15, -0.1) is 5.10 Å². The standard InChI is InChI=1S/C16H15N5O/c22-16-12(5-6-21-14(16)8-18-19-21)15-11-4-2-1-3-10(11)13-7-17-9-20(13)15/h1-4,7-9,12,15-16,22H,5-6H2/t12-,15?,16+/m0/s1. The van der Waals surface area contributed by atoms with Crippen molar-refractivity contribution in [3.05, 3.63) is 54.2 Å². The summed E-state index contributed by atoms with van der Waals surface area (Å²) in [5, 5.41) is 18.8. The summed E-state index contributed by atoms with van der Waals surface area (Å²) in [6.07, 6.45) is 5.76. The molecule has 1 aromatic carbocycles. The third-order valence-electron chi connectivity index (χ3n) is 4.96. The highest BCUT2D eigenvalue weighted by Gasteiger charge is 2.41. The van der Waals surface area contributed by atoms with Crippen molar-refractivity contribution in [2.75, 3.05) is 0 Å². The van der Waals surface area contributed by atoms with Crippen LogP contribution in [0.3, 0.4) is 0 Å². The van der Waals surface area contributed by atoms with E-state index >= 15 is 0 Å². The summed E-state index contributed by atoms with van der Waals surface area (Å²) < 4.78 is 3.99. The molecule has 0 bridgehead atoms. The molecule has 0 aliphatic carbocycles. The summed E-state index contributed by atoms with van der Waals surface area (Å²) in [5.74, 6) is 0.0996. The molecule has 3 aromatic rings. The van der Waals surface area contributed by atoms with E-state index in [2.05, 4.69) is 44.1 Å². The zero-order valence-electron chi connectivity index (χ0n) is 11.9. The molecule has 0 fully saturated rings. The van der Waals surface area contributed by atoms with Gasteiger partial charge < -0.3 is 9.67 Å². The average molecular weight is 293 g/mol. The minimum Gasteiger partial charge on any atom is -0.386 e. The molecule has 0 spiro atoms. The lowest BCUT2D eigenvalue weighted by molar-refractivity contribution is 0.0524. The Kier molecular flexibility index (Phi) is 2.35. The van der Waals surface area contributed by atoms with Gasteiger partial charge in [-0.2, -0.15) is 0 Å². The summed E-state index contributed by atoms with van der Waals surface area (Å²) in [4.78, 5) is 4.30. The molecule has 22 heavy (non-hydrogen) atoms. The number of hydrogen-bond donors (Lipinski definition) is 1. The van der Waals surface area contributed by atoms with Crippen LogP contribution >= 0.6 is 0 Å². The summed E-state index contributed by atoms with van der Waals surface area (Å²) in [7, 11) is 0. The number of aryl methyl sites for hydroxylation is 1. The van der Waals surface area contributed by atoms with Gasteiger partial charge >= 0.3 is 0 Å². The number of aliphatic hydroxyl groups excluding tert-OH is 1. The Balaban J connectivity index is 1.65. The highest BCUT2D eigenvalue weighted by Crippen LogP contribution is 2.48. The van der Waals surface area contributed by atoms with Gasteiger partial charge in [-0.3, -0.25) is 0 Å².